The van der Waals surface area contributed by atoms with Gasteiger partial charge >= 0.3 is 5.97 Å². The van der Waals surface area contributed by atoms with Gasteiger partial charge in [0.1, 0.15) is 17.7 Å². The quantitative estimate of drug-likeness (QED) is 0.788. The molecule has 0 bridgehead atoms. The van der Waals surface area contributed by atoms with Crippen molar-refractivity contribution in [2.45, 2.75) is 44.2 Å². The van der Waals surface area contributed by atoms with Gasteiger partial charge in [0.15, 0.2) is 11.5 Å². The van der Waals surface area contributed by atoms with Crippen LogP contribution in [0.25, 0.3) is 11.1 Å². The van der Waals surface area contributed by atoms with E-state index in [1.54, 1.807) is 0 Å². The number of cyclic esters (lactones) is 1. The molecule has 4 rings (SSSR count). The normalized spacial score (nSPS) is 26.8. The van der Waals surface area contributed by atoms with Crippen LogP contribution < -0.4 is 0 Å². The fraction of sp³-hybridized carbons (Fsp3) is 0.529. The lowest BCUT2D eigenvalue weighted by Gasteiger charge is -2.33. The number of esters is 1. The van der Waals surface area contributed by atoms with Crippen LogP contribution in [0, 0.1) is 0 Å². The Bertz CT molecular complexity index is 737. The molecule has 1 aromatic carbocycles. The SMILES string of the molecule is C[C@H]1C[C@@H](N2CCC(c3nc4cc(Cl)ccc4o3)CC2)C(=O)O1. The summed E-state index contributed by atoms with van der Waals surface area (Å²) in [6.07, 6.45) is 2.72. The first-order chi connectivity index (χ1) is 11.1. The molecule has 1 aromatic heterocycles. The third-order valence-electron chi connectivity index (χ3n) is 4.83. The number of fused-ring (bicyclic) bond motifs is 1. The van der Waals surface area contributed by atoms with Crippen molar-refractivity contribution in [1.82, 2.24) is 9.88 Å². The van der Waals surface area contributed by atoms with E-state index in [-0.39, 0.29) is 18.1 Å². The average Bonchev–Trinajstić information content (AvgIpc) is 3.10. The summed E-state index contributed by atoms with van der Waals surface area (Å²) >= 11 is 6.00. The van der Waals surface area contributed by atoms with Crippen molar-refractivity contribution in [3.05, 3.63) is 29.1 Å². The number of carbonyl (C=O) groups is 1. The molecule has 2 atom stereocenters. The van der Waals surface area contributed by atoms with Crippen molar-refractivity contribution in [2.75, 3.05) is 13.1 Å². The van der Waals surface area contributed by atoms with E-state index in [0.29, 0.717) is 10.9 Å². The van der Waals surface area contributed by atoms with E-state index in [2.05, 4.69) is 9.88 Å². The molecule has 6 heteroatoms. The molecule has 0 N–H and O–H groups in total. The number of ether oxygens (including phenoxy) is 1. The summed E-state index contributed by atoms with van der Waals surface area (Å²) < 4.78 is 11.1. The van der Waals surface area contributed by atoms with Crippen molar-refractivity contribution in [3.63, 3.8) is 0 Å². The first-order valence-electron chi connectivity index (χ1n) is 8.10. The number of halogens is 1. The highest BCUT2D eigenvalue weighted by molar-refractivity contribution is 6.31. The third-order valence-corrected chi connectivity index (χ3v) is 5.07. The van der Waals surface area contributed by atoms with Gasteiger partial charge in [0, 0.05) is 17.4 Å². The molecule has 2 fully saturated rings. The van der Waals surface area contributed by atoms with E-state index in [1.807, 2.05) is 25.1 Å². The van der Waals surface area contributed by atoms with E-state index < -0.39 is 0 Å². The summed E-state index contributed by atoms with van der Waals surface area (Å²) in [5, 5.41) is 0.668. The zero-order chi connectivity index (χ0) is 16.0. The van der Waals surface area contributed by atoms with Crippen LogP contribution in [0.15, 0.2) is 22.6 Å². The van der Waals surface area contributed by atoms with Gasteiger partial charge in [-0.25, -0.2) is 4.98 Å². The van der Waals surface area contributed by atoms with Crippen LogP contribution in [0.2, 0.25) is 5.02 Å². The number of rotatable bonds is 2. The Hall–Kier alpha value is -1.59. The molecule has 2 aliphatic heterocycles. The number of nitrogens with zero attached hydrogens (tertiary/aromatic N) is 2. The maximum Gasteiger partial charge on any atom is 0.323 e. The number of hydrogen-bond acceptors (Lipinski definition) is 5. The van der Waals surface area contributed by atoms with E-state index in [9.17, 15) is 4.79 Å². The molecule has 0 unspecified atom stereocenters. The fourth-order valence-corrected chi connectivity index (χ4v) is 3.75. The molecule has 23 heavy (non-hydrogen) atoms. The molecule has 5 nitrogen and oxygen atoms in total. The van der Waals surface area contributed by atoms with E-state index in [0.717, 1.165) is 49.3 Å². The molecule has 0 spiro atoms. The zero-order valence-corrected chi connectivity index (χ0v) is 13.8. The van der Waals surface area contributed by atoms with E-state index in [4.69, 9.17) is 20.8 Å². The molecule has 0 saturated carbocycles. The topological polar surface area (TPSA) is 55.6 Å². The second kappa shape index (κ2) is 5.80. The van der Waals surface area contributed by atoms with Gasteiger partial charge in [-0.2, -0.15) is 0 Å². The second-order valence-electron chi connectivity index (χ2n) is 6.47. The number of hydrogen-bond donors (Lipinski definition) is 0. The molecule has 0 amide bonds. The van der Waals surface area contributed by atoms with Gasteiger partial charge in [-0.05, 0) is 51.1 Å². The minimum absolute atomic E-state index is 0.0343. The van der Waals surface area contributed by atoms with Crippen LogP contribution in [0.5, 0.6) is 0 Å². The lowest BCUT2D eigenvalue weighted by molar-refractivity contribution is -0.145. The van der Waals surface area contributed by atoms with Crippen molar-refractivity contribution in [1.29, 1.82) is 0 Å². The Labute approximate surface area is 139 Å². The lowest BCUT2D eigenvalue weighted by atomic mass is 9.95. The number of aromatic nitrogens is 1. The Balaban J connectivity index is 1.45. The molecular weight excluding hydrogens is 316 g/mol. The van der Waals surface area contributed by atoms with Gasteiger partial charge in [-0.15, -0.1) is 0 Å². The predicted octanol–water partition coefficient (Wildman–Crippen LogP) is 3.36. The molecule has 0 radical (unpaired) electrons. The van der Waals surface area contributed by atoms with Crippen molar-refractivity contribution < 1.29 is 13.9 Å². The highest BCUT2D eigenvalue weighted by Gasteiger charge is 2.38. The standard InChI is InChI=1S/C17H19ClN2O3/c1-10-8-14(17(21)22-10)20-6-4-11(5-7-20)16-19-13-9-12(18)2-3-15(13)23-16/h2-3,9-11,14H,4-8H2,1H3/t10-,14+/m0/s1. The number of likely N-dealkylation sites (tertiary alicyclic amines) is 1. The minimum Gasteiger partial charge on any atom is -0.461 e. The largest absolute Gasteiger partial charge is 0.461 e. The first kappa shape index (κ1) is 15.0. The highest BCUT2D eigenvalue weighted by atomic mass is 35.5. The zero-order valence-electron chi connectivity index (χ0n) is 13.0. The Morgan fingerprint density at radius 1 is 1.30 bits per heavy atom. The summed E-state index contributed by atoms with van der Waals surface area (Å²) in [6.45, 7) is 3.70. The van der Waals surface area contributed by atoms with Crippen molar-refractivity contribution >= 4 is 28.7 Å². The van der Waals surface area contributed by atoms with Crippen molar-refractivity contribution in [2.24, 2.45) is 0 Å². The van der Waals surface area contributed by atoms with Gasteiger partial charge in [-0.1, -0.05) is 11.6 Å². The number of piperidine rings is 1. The Morgan fingerprint density at radius 2 is 2.09 bits per heavy atom. The maximum atomic E-state index is 11.9. The molecule has 2 saturated heterocycles. The van der Waals surface area contributed by atoms with E-state index in [1.165, 1.54) is 0 Å². The van der Waals surface area contributed by atoms with Gasteiger partial charge < -0.3 is 9.15 Å². The number of carbonyl (C=O) groups excluding carboxylic acids is 1. The van der Waals surface area contributed by atoms with Crippen molar-refractivity contribution in [3.8, 4) is 0 Å². The van der Waals surface area contributed by atoms with Gasteiger partial charge in [0.05, 0.1) is 0 Å². The lowest BCUT2D eigenvalue weighted by Crippen LogP contribution is -2.43. The monoisotopic (exact) mass is 334 g/mol. The molecular formula is C17H19ClN2O3. The molecule has 2 aromatic rings. The van der Waals surface area contributed by atoms with E-state index >= 15 is 0 Å². The number of oxazole rings is 1. The third kappa shape index (κ3) is 2.83. The predicted molar refractivity (Wildman–Crippen MR) is 86.5 cm³/mol. The van der Waals surface area contributed by atoms with Gasteiger partial charge in [0.2, 0.25) is 0 Å². The van der Waals surface area contributed by atoms with Gasteiger partial charge in [0.25, 0.3) is 0 Å². The summed E-state index contributed by atoms with van der Waals surface area (Å²) in [5.74, 6) is 1.00. The maximum absolute atomic E-state index is 11.9. The molecule has 2 aliphatic rings. The molecule has 3 heterocycles. The van der Waals surface area contributed by atoms with Crippen LogP contribution >= 0.6 is 11.6 Å². The average molecular weight is 335 g/mol. The smallest absolute Gasteiger partial charge is 0.323 e. The summed E-state index contributed by atoms with van der Waals surface area (Å²) in [4.78, 5) is 18.7. The summed E-state index contributed by atoms with van der Waals surface area (Å²) in [7, 11) is 0. The summed E-state index contributed by atoms with van der Waals surface area (Å²) in [5.41, 5.74) is 1.59. The van der Waals surface area contributed by atoms with Crippen LogP contribution in [-0.2, 0) is 9.53 Å². The Kier molecular flexibility index (Phi) is 3.77. The second-order valence-corrected chi connectivity index (χ2v) is 6.91. The molecule has 122 valence electrons. The number of benzene rings is 1. The van der Waals surface area contributed by atoms with Crippen LogP contribution in [0.3, 0.4) is 0 Å². The molecule has 0 aliphatic carbocycles. The minimum atomic E-state index is -0.0764. The van der Waals surface area contributed by atoms with Crippen LogP contribution in [0.1, 0.15) is 38.0 Å². The highest BCUT2D eigenvalue weighted by Crippen LogP contribution is 2.33. The van der Waals surface area contributed by atoms with Crippen LogP contribution in [0.4, 0.5) is 0 Å². The first-order valence-corrected chi connectivity index (χ1v) is 8.48. The van der Waals surface area contributed by atoms with Gasteiger partial charge in [-0.3, -0.25) is 9.69 Å². The van der Waals surface area contributed by atoms with Crippen LogP contribution in [-0.4, -0.2) is 41.1 Å². The summed E-state index contributed by atoms with van der Waals surface area (Å²) in [6, 6.07) is 5.43. The fourth-order valence-electron chi connectivity index (χ4n) is 3.58. The Morgan fingerprint density at radius 3 is 2.78 bits per heavy atom.